The molecule has 0 heterocycles. The highest BCUT2D eigenvalue weighted by Gasteiger charge is 2.14. The van der Waals surface area contributed by atoms with Crippen LogP contribution in [0, 0.1) is 5.92 Å². The highest BCUT2D eigenvalue weighted by molar-refractivity contribution is 5.96. The van der Waals surface area contributed by atoms with Crippen molar-refractivity contribution in [3.63, 3.8) is 0 Å². The third-order valence-electron chi connectivity index (χ3n) is 4.50. The smallest absolute Gasteiger partial charge is 0.163 e. The van der Waals surface area contributed by atoms with Crippen molar-refractivity contribution in [2.75, 3.05) is 0 Å². The van der Waals surface area contributed by atoms with Gasteiger partial charge < -0.3 is 0 Å². The molecule has 0 unspecified atom stereocenters. The maximum absolute atomic E-state index is 12.4. The Kier molecular flexibility index (Phi) is 10.7. The molecule has 0 saturated heterocycles. The molecule has 1 aromatic carbocycles. The van der Waals surface area contributed by atoms with Gasteiger partial charge in [-0.1, -0.05) is 108 Å². The van der Waals surface area contributed by atoms with E-state index in [1.165, 1.54) is 64.2 Å². The summed E-state index contributed by atoms with van der Waals surface area (Å²) in [5, 5.41) is 0. The van der Waals surface area contributed by atoms with Gasteiger partial charge in [0.05, 0.1) is 0 Å². The summed E-state index contributed by atoms with van der Waals surface area (Å²) in [7, 11) is 0. The zero-order valence-corrected chi connectivity index (χ0v) is 14.7. The summed E-state index contributed by atoms with van der Waals surface area (Å²) in [6, 6.07) is 9.81. The summed E-state index contributed by atoms with van der Waals surface area (Å²) in [6.07, 6.45) is 13.6. The number of hydrogen-bond acceptors (Lipinski definition) is 1. The minimum absolute atomic E-state index is 0.330. The number of benzene rings is 1. The minimum atomic E-state index is 0.330. The van der Waals surface area contributed by atoms with E-state index in [0.29, 0.717) is 11.7 Å². The molecule has 0 amide bonds. The lowest BCUT2D eigenvalue weighted by Crippen LogP contribution is -2.09. The van der Waals surface area contributed by atoms with E-state index < -0.39 is 0 Å². The number of carbonyl (C=O) groups excluding carboxylic acids is 1. The van der Waals surface area contributed by atoms with Crippen LogP contribution >= 0.6 is 0 Å². The van der Waals surface area contributed by atoms with Crippen LogP contribution in [0.15, 0.2) is 30.3 Å². The topological polar surface area (TPSA) is 17.1 Å². The second kappa shape index (κ2) is 12.4. The maximum atomic E-state index is 12.4. The average Bonchev–Trinajstić information content (AvgIpc) is 2.56. The van der Waals surface area contributed by atoms with E-state index >= 15 is 0 Å². The molecule has 1 rings (SSSR count). The van der Waals surface area contributed by atoms with Crippen LogP contribution in [-0.2, 0) is 0 Å². The minimum Gasteiger partial charge on any atom is -0.294 e. The fraction of sp³-hybridized carbons (Fsp3) is 0.667. The van der Waals surface area contributed by atoms with Crippen LogP contribution in [0.2, 0.25) is 0 Å². The molecule has 0 aliphatic heterocycles. The molecule has 1 heteroatoms. The number of hydrogen-bond donors (Lipinski definition) is 0. The van der Waals surface area contributed by atoms with Crippen LogP contribution in [0.5, 0.6) is 0 Å². The van der Waals surface area contributed by atoms with Crippen molar-refractivity contribution in [2.45, 2.75) is 84.5 Å². The lowest BCUT2D eigenvalue weighted by molar-refractivity contribution is 0.0955. The summed E-state index contributed by atoms with van der Waals surface area (Å²) >= 11 is 0. The Bertz CT molecular complexity index is 370. The number of Topliss-reactive ketones (excluding diaryl/α,β-unsaturated/α-hetero) is 1. The summed E-state index contributed by atoms with van der Waals surface area (Å²) < 4.78 is 0. The van der Waals surface area contributed by atoms with Crippen LogP contribution in [0.25, 0.3) is 0 Å². The first-order chi connectivity index (χ1) is 10.8. The van der Waals surface area contributed by atoms with Crippen LogP contribution in [0.4, 0.5) is 0 Å². The molecular weight excluding hydrogens is 268 g/mol. The lowest BCUT2D eigenvalue weighted by Gasteiger charge is -2.16. The normalized spacial score (nSPS) is 11.0. The van der Waals surface area contributed by atoms with Gasteiger partial charge in [-0.15, -0.1) is 0 Å². The molecule has 0 aliphatic rings. The van der Waals surface area contributed by atoms with Gasteiger partial charge in [0.2, 0.25) is 0 Å². The number of carbonyl (C=O) groups is 1. The third-order valence-corrected chi connectivity index (χ3v) is 4.50. The molecule has 0 N–H and O–H groups in total. The first kappa shape index (κ1) is 18.9. The van der Waals surface area contributed by atoms with Crippen LogP contribution < -0.4 is 0 Å². The van der Waals surface area contributed by atoms with Gasteiger partial charge >= 0.3 is 0 Å². The van der Waals surface area contributed by atoms with Crippen LogP contribution in [0.3, 0.4) is 0 Å². The molecule has 1 nitrogen and oxygen atoms in total. The largest absolute Gasteiger partial charge is 0.294 e. The first-order valence-electron chi connectivity index (χ1n) is 9.36. The van der Waals surface area contributed by atoms with E-state index in [-0.39, 0.29) is 0 Å². The second-order valence-electron chi connectivity index (χ2n) is 6.56. The number of rotatable bonds is 13. The Morgan fingerprint density at radius 2 is 1.36 bits per heavy atom. The fourth-order valence-electron chi connectivity index (χ4n) is 3.07. The van der Waals surface area contributed by atoms with Gasteiger partial charge in [0.15, 0.2) is 5.78 Å². The van der Waals surface area contributed by atoms with Crippen LogP contribution in [0.1, 0.15) is 94.8 Å². The Balaban J connectivity index is 2.43. The number of unbranched alkanes of at least 4 members (excludes halogenated alkanes) is 6. The predicted molar refractivity (Wildman–Crippen MR) is 96.4 cm³/mol. The molecule has 124 valence electrons. The third kappa shape index (κ3) is 8.36. The van der Waals surface area contributed by atoms with E-state index in [2.05, 4.69) is 13.8 Å². The van der Waals surface area contributed by atoms with E-state index in [9.17, 15) is 4.79 Å². The first-order valence-corrected chi connectivity index (χ1v) is 9.36. The zero-order chi connectivity index (χ0) is 16.0. The van der Waals surface area contributed by atoms with E-state index in [1.54, 1.807) is 0 Å². The quantitative estimate of drug-likeness (QED) is 0.289. The fourth-order valence-corrected chi connectivity index (χ4v) is 3.07. The molecule has 0 aliphatic carbocycles. The van der Waals surface area contributed by atoms with Crippen molar-refractivity contribution >= 4 is 5.78 Å². The summed E-state index contributed by atoms with van der Waals surface area (Å²) in [6.45, 7) is 4.50. The van der Waals surface area contributed by atoms with Crippen LogP contribution in [-0.4, -0.2) is 5.78 Å². The van der Waals surface area contributed by atoms with E-state index in [1.807, 2.05) is 30.3 Å². The Labute approximate surface area is 137 Å². The Morgan fingerprint density at radius 3 is 1.86 bits per heavy atom. The van der Waals surface area contributed by atoms with E-state index in [0.717, 1.165) is 12.0 Å². The van der Waals surface area contributed by atoms with Gasteiger partial charge in [-0.3, -0.25) is 4.79 Å². The van der Waals surface area contributed by atoms with Crippen molar-refractivity contribution in [3.8, 4) is 0 Å². The van der Waals surface area contributed by atoms with Crippen molar-refractivity contribution in [1.82, 2.24) is 0 Å². The molecule has 0 aromatic heterocycles. The van der Waals surface area contributed by atoms with Gasteiger partial charge in [0.25, 0.3) is 0 Å². The molecular formula is C21H34O. The van der Waals surface area contributed by atoms with Gasteiger partial charge in [0.1, 0.15) is 0 Å². The lowest BCUT2D eigenvalue weighted by atomic mass is 9.88. The van der Waals surface area contributed by atoms with Gasteiger partial charge in [-0.2, -0.15) is 0 Å². The monoisotopic (exact) mass is 302 g/mol. The zero-order valence-electron chi connectivity index (χ0n) is 14.7. The van der Waals surface area contributed by atoms with Gasteiger partial charge in [-0.25, -0.2) is 0 Å². The van der Waals surface area contributed by atoms with E-state index in [4.69, 9.17) is 0 Å². The standard InChI is InChI=1S/C21H34O/c1-3-5-7-10-14-19(15-11-8-6-4-2)18-21(22)20-16-12-9-13-17-20/h9,12-13,16-17,19H,3-8,10-11,14-15,18H2,1-2H3. The molecule has 0 bridgehead atoms. The van der Waals surface area contributed by atoms with Crippen molar-refractivity contribution < 1.29 is 4.79 Å². The van der Waals surface area contributed by atoms with Gasteiger partial charge in [0, 0.05) is 12.0 Å². The molecule has 0 atom stereocenters. The molecule has 22 heavy (non-hydrogen) atoms. The Hall–Kier alpha value is -1.11. The SMILES string of the molecule is CCCCCCC(CCCCCC)CC(=O)c1ccccc1. The predicted octanol–water partition coefficient (Wildman–Crippen LogP) is 6.82. The van der Waals surface area contributed by atoms with Crippen molar-refractivity contribution in [1.29, 1.82) is 0 Å². The maximum Gasteiger partial charge on any atom is 0.163 e. The molecule has 1 aromatic rings. The molecule has 0 radical (unpaired) electrons. The molecule has 0 saturated carbocycles. The molecule has 0 fully saturated rings. The average molecular weight is 303 g/mol. The summed E-state index contributed by atoms with van der Waals surface area (Å²) in [5.74, 6) is 0.915. The Morgan fingerprint density at radius 1 is 0.818 bits per heavy atom. The second-order valence-corrected chi connectivity index (χ2v) is 6.56. The highest BCUT2D eigenvalue weighted by Crippen LogP contribution is 2.23. The number of ketones is 1. The van der Waals surface area contributed by atoms with Gasteiger partial charge in [-0.05, 0) is 5.92 Å². The highest BCUT2D eigenvalue weighted by atomic mass is 16.1. The summed E-state index contributed by atoms with van der Waals surface area (Å²) in [4.78, 5) is 12.4. The molecule has 0 spiro atoms. The summed E-state index contributed by atoms with van der Waals surface area (Å²) in [5.41, 5.74) is 0.884. The van der Waals surface area contributed by atoms with Crippen molar-refractivity contribution in [3.05, 3.63) is 35.9 Å². The van der Waals surface area contributed by atoms with Crippen molar-refractivity contribution in [2.24, 2.45) is 5.92 Å².